The normalized spacial score (nSPS) is 10.8. The Bertz CT molecular complexity index is 1200. The van der Waals surface area contributed by atoms with E-state index in [1.807, 2.05) is 0 Å². The van der Waals surface area contributed by atoms with Gasteiger partial charge in [0.2, 0.25) is 0 Å². The van der Waals surface area contributed by atoms with Gasteiger partial charge in [0.15, 0.2) is 0 Å². The van der Waals surface area contributed by atoms with Crippen LogP contribution in [0.1, 0.15) is 28.7 Å². The number of carbonyl (C=O) groups is 1. The number of rotatable bonds is 8. The second kappa shape index (κ2) is 13.8. The van der Waals surface area contributed by atoms with Gasteiger partial charge < -0.3 is 14.6 Å². The van der Waals surface area contributed by atoms with Crippen LogP contribution < -0.4 is 9.84 Å². The second-order valence-corrected chi connectivity index (χ2v) is 9.49. The molecule has 0 unspecified atom stereocenters. The van der Waals surface area contributed by atoms with Crippen LogP contribution in [-0.4, -0.2) is 24.4 Å². The molecule has 36 heavy (non-hydrogen) atoms. The van der Waals surface area contributed by atoms with E-state index in [2.05, 4.69) is 48.7 Å². The summed E-state index contributed by atoms with van der Waals surface area (Å²) in [4.78, 5) is 10.5. The Morgan fingerprint density at radius 2 is 1.81 bits per heavy atom. The van der Waals surface area contributed by atoms with Gasteiger partial charge in [0, 0.05) is 30.7 Å². The number of halogens is 4. The van der Waals surface area contributed by atoms with Crippen LogP contribution in [0.3, 0.4) is 0 Å². The summed E-state index contributed by atoms with van der Waals surface area (Å²) in [6, 6.07) is 19.2. The fourth-order valence-corrected chi connectivity index (χ4v) is 3.73. The fraction of sp³-hybridized carbons (Fsp3) is 0.231. The Kier molecular flexibility index (Phi) is 11.1. The Balaban J connectivity index is 0.000000346. The topological polar surface area (TPSA) is 76.4 Å². The molecule has 3 aromatic rings. The minimum atomic E-state index is -4.57. The number of hydrogen-bond acceptors (Lipinski definition) is 5. The lowest BCUT2D eigenvalue weighted by molar-refractivity contribution is -0.305. The largest absolute Gasteiger partial charge is 0.550 e. The van der Waals surface area contributed by atoms with E-state index in [1.54, 1.807) is 6.07 Å². The minimum Gasteiger partial charge on any atom is -0.550 e. The van der Waals surface area contributed by atoms with Crippen molar-refractivity contribution in [1.29, 1.82) is 5.26 Å². The third kappa shape index (κ3) is 9.82. The van der Waals surface area contributed by atoms with Crippen LogP contribution in [-0.2, 0) is 35.1 Å². The monoisotopic (exact) mass is 536 g/mol. The van der Waals surface area contributed by atoms with Crippen LogP contribution in [0.15, 0.2) is 66.7 Å². The highest BCUT2D eigenvalue weighted by Gasteiger charge is 2.31. The quantitative estimate of drug-likeness (QED) is 0.293. The number of hydrogen-bond donors (Lipinski definition) is 0. The molecule has 5 nitrogen and oxygen atoms in total. The molecule has 0 aliphatic carbocycles. The van der Waals surface area contributed by atoms with E-state index in [0.29, 0.717) is 16.7 Å². The SMILES string of the molecule is CN(C)[SH+]Cc1ccccc1.N#Cc1cc(C(F)(F)F)ccc1Oc1ccc(Cl)c(CCC(=O)[O-])c1. The fourth-order valence-electron chi connectivity index (χ4n) is 2.86. The van der Waals surface area contributed by atoms with Crippen molar-refractivity contribution in [2.24, 2.45) is 0 Å². The summed E-state index contributed by atoms with van der Waals surface area (Å²) in [5.74, 6) is 0.0444. The molecule has 0 saturated heterocycles. The van der Waals surface area contributed by atoms with E-state index < -0.39 is 17.7 Å². The zero-order valence-corrected chi connectivity index (χ0v) is 21.2. The molecule has 0 fully saturated rings. The van der Waals surface area contributed by atoms with Gasteiger partial charge in [0.25, 0.3) is 0 Å². The van der Waals surface area contributed by atoms with Gasteiger partial charge in [0.1, 0.15) is 23.3 Å². The third-order valence-electron chi connectivity index (χ3n) is 4.65. The maximum absolute atomic E-state index is 12.7. The maximum Gasteiger partial charge on any atom is 0.416 e. The molecule has 0 aromatic heterocycles. The summed E-state index contributed by atoms with van der Waals surface area (Å²) >= 11 is 7.32. The lowest BCUT2D eigenvalue weighted by atomic mass is 10.1. The van der Waals surface area contributed by atoms with Gasteiger partial charge in [0.05, 0.1) is 23.1 Å². The van der Waals surface area contributed by atoms with Crippen LogP contribution >= 0.6 is 11.6 Å². The number of nitrogens with zero attached hydrogens (tertiary/aromatic N) is 2. The van der Waals surface area contributed by atoms with Crippen molar-refractivity contribution < 1.29 is 27.8 Å². The van der Waals surface area contributed by atoms with Crippen LogP contribution in [0, 0.1) is 11.3 Å². The maximum atomic E-state index is 12.7. The molecule has 0 aliphatic heterocycles. The first-order valence-corrected chi connectivity index (χ1v) is 12.1. The Labute approximate surface area is 217 Å². The van der Waals surface area contributed by atoms with Crippen molar-refractivity contribution in [2.75, 3.05) is 14.1 Å². The molecule has 190 valence electrons. The van der Waals surface area contributed by atoms with E-state index in [-0.39, 0.29) is 29.9 Å². The molecule has 0 heterocycles. The highest BCUT2D eigenvalue weighted by molar-refractivity contribution is 7.75. The molecule has 3 rings (SSSR count). The Morgan fingerprint density at radius 3 is 2.39 bits per heavy atom. The highest BCUT2D eigenvalue weighted by atomic mass is 35.5. The predicted molar refractivity (Wildman–Crippen MR) is 134 cm³/mol. The summed E-state index contributed by atoms with van der Waals surface area (Å²) in [6.07, 6.45) is -4.70. The molecular weight excluding hydrogens is 513 g/mol. The summed E-state index contributed by atoms with van der Waals surface area (Å²) < 4.78 is 45.7. The summed E-state index contributed by atoms with van der Waals surface area (Å²) in [5, 5.41) is 19.9. The van der Waals surface area contributed by atoms with Crippen molar-refractivity contribution in [1.82, 2.24) is 4.31 Å². The molecule has 0 atom stereocenters. The number of thiol groups is 1. The number of benzene rings is 3. The van der Waals surface area contributed by atoms with E-state index >= 15 is 0 Å². The van der Waals surface area contributed by atoms with Gasteiger partial charge in [-0.15, -0.1) is 4.31 Å². The van der Waals surface area contributed by atoms with Crippen molar-refractivity contribution in [3.8, 4) is 17.6 Å². The molecule has 0 radical (unpaired) electrons. The molecular formula is C26H24ClF3N2O3S. The van der Waals surface area contributed by atoms with Gasteiger partial charge in [-0.1, -0.05) is 41.9 Å². The first-order chi connectivity index (χ1) is 17.0. The van der Waals surface area contributed by atoms with Gasteiger partial charge in [-0.2, -0.15) is 18.4 Å². The Hall–Kier alpha value is -3.19. The van der Waals surface area contributed by atoms with Gasteiger partial charge in [-0.3, -0.25) is 0 Å². The molecule has 3 aromatic carbocycles. The molecule has 0 saturated carbocycles. The van der Waals surface area contributed by atoms with Crippen LogP contribution in [0.25, 0.3) is 0 Å². The van der Waals surface area contributed by atoms with Crippen molar-refractivity contribution >= 4 is 29.5 Å². The molecule has 0 N–H and O–H groups in total. The van der Waals surface area contributed by atoms with E-state index in [9.17, 15) is 23.1 Å². The smallest absolute Gasteiger partial charge is 0.416 e. The number of alkyl halides is 3. The van der Waals surface area contributed by atoms with Crippen molar-refractivity contribution in [2.45, 2.75) is 24.8 Å². The lowest BCUT2D eigenvalue weighted by Gasteiger charge is -2.12. The molecule has 0 spiro atoms. The van der Waals surface area contributed by atoms with Crippen LogP contribution in [0.4, 0.5) is 13.2 Å². The zero-order chi connectivity index (χ0) is 26.7. The van der Waals surface area contributed by atoms with Crippen LogP contribution in [0.5, 0.6) is 11.5 Å². The zero-order valence-electron chi connectivity index (χ0n) is 19.6. The number of carboxylic acid groups (broad SMARTS) is 1. The van der Waals surface area contributed by atoms with Gasteiger partial charge >= 0.3 is 6.18 Å². The molecule has 0 aliphatic rings. The Morgan fingerprint density at radius 1 is 1.11 bits per heavy atom. The molecule has 0 amide bonds. The summed E-state index contributed by atoms with van der Waals surface area (Å²) in [7, 11) is 4.18. The minimum absolute atomic E-state index is 0.0522. The van der Waals surface area contributed by atoms with E-state index in [1.165, 1.54) is 35.7 Å². The first kappa shape index (κ1) is 29.0. The van der Waals surface area contributed by atoms with E-state index in [4.69, 9.17) is 21.6 Å². The number of carbonyl (C=O) groups excluding carboxylic acids is 1. The third-order valence-corrected chi connectivity index (χ3v) is 6.09. The van der Waals surface area contributed by atoms with Crippen molar-refractivity contribution in [3.63, 3.8) is 0 Å². The second-order valence-electron chi connectivity index (χ2n) is 7.68. The highest BCUT2D eigenvalue weighted by Crippen LogP contribution is 2.34. The van der Waals surface area contributed by atoms with Gasteiger partial charge in [-0.05, 0) is 54.8 Å². The van der Waals surface area contributed by atoms with Gasteiger partial charge in [-0.25, -0.2) is 0 Å². The number of nitriles is 1. The van der Waals surface area contributed by atoms with E-state index in [0.717, 1.165) is 17.9 Å². The average molecular weight is 537 g/mol. The van der Waals surface area contributed by atoms with Crippen LogP contribution in [0.2, 0.25) is 5.02 Å². The average Bonchev–Trinajstić information content (AvgIpc) is 2.83. The molecule has 0 bridgehead atoms. The number of ether oxygens (including phenoxy) is 1. The standard InChI is InChI=1S/C17H11ClF3NO3.C9H13NS/c18-14-4-3-13(8-10(14)1-6-16(23)24)25-15-5-2-12(17(19,20)21)7-11(15)9-22;1-10(2)11-8-9-6-4-3-5-7-9/h2-5,7-8H,1,6H2,(H,23,24);3-7H,8H2,1-2H3. The lowest BCUT2D eigenvalue weighted by Crippen LogP contribution is -2.22. The number of aliphatic carboxylic acids is 1. The number of carboxylic acids is 1. The molecule has 10 heteroatoms. The van der Waals surface area contributed by atoms with Crippen molar-refractivity contribution in [3.05, 3.63) is 94.0 Å². The summed E-state index contributed by atoms with van der Waals surface area (Å²) in [6.45, 7) is 0. The summed E-state index contributed by atoms with van der Waals surface area (Å²) in [5.41, 5.74) is 0.653. The first-order valence-electron chi connectivity index (χ1n) is 10.7. The predicted octanol–water partition coefficient (Wildman–Crippen LogP) is 5.18. The number of aryl methyl sites for hydroxylation is 1.